The molecule has 0 saturated carbocycles. The summed E-state index contributed by atoms with van der Waals surface area (Å²) in [5.41, 5.74) is 0. The highest BCUT2D eigenvalue weighted by atomic mass is 19.4. The van der Waals surface area contributed by atoms with E-state index < -0.39 is 24.8 Å². The summed E-state index contributed by atoms with van der Waals surface area (Å²) in [7, 11) is 0. The van der Waals surface area contributed by atoms with Crippen LogP contribution in [-0.2, 0) is 4.79 Å². The first kappa shape index (κ1) is 11.8. The van der Waals surface area contributed by atoms with Crippen molar-refractivity contribution in [1.29, 1.82) is 0 Å². The summed E-state index contributed by atoms with van der Waals surface area (Å²) in [5.74, 6) is -1.28. The zero-order chi connectivity index (χ0) is 10.5. The first-order valence-corrected chi connectivity index (χ1v) is 3.21. The Hall–Kier alpha value is -1.24. The lowest BCUT2D eigenvalue weighted by molar-refractivity contribution is -0.201. The second-order valence-corrected chi connectivity index (χ2v) is 2.14. The van der Waals surface area contributed by atoms with Gasteiger partial charge in [0.15, 0.2) is 6.10 Å². The minimum Gasteiger partial charge on any atom is -0.478 e. The van der Waals surface area contributed by atoms with Gasteiger partial charge in [-0.2, -0.15) is 13.2 Å². The molecule has 7 heteroatoms. The maximum absolute atomic E-state index is 11.6. The number of hydrogen-bond donors (Lipinski definition) is 3. The van der Waals surface area contributed by atoms with Gasteiger partial charge in [-0.15, -0.1) is 0 Å². The van der Waals surface area contributed by atoms with Gasteiger partial charge in [-0.1, -0.05) is 0 Å². The lowest BCUT2D eigenvalue weighted by Gasteiger charge is -2.13. The Labute approximate surface area is 71.7 Å². The van der Waals surface area contributed by atoms with Crippen LogP contribution in [-0.4, -0.2) is 35.0 Å². The number of halogens is 3. The number of carbonyl (C=O) groups is 1. The van der Waals surface area contributed by atoms with Crippen molar-refractivity contribution in [3.05, 3.63) is 12.3 Å². The number of carboxylic acids is 1. The largest absolute Gasteiger partial charge is 0.478 e. The fourth-order valence-corrected chi connectivity index (χ4v) is 0.426. The molecule has 13 heavy (non-hydrogen) atoms. The SMILES string of the molecule is O=C(O)/C=C/NCC(O)C(F)(F)F. The number of carboxylic acid groups (broad SMARTS) is 1. The van der Waals surface area contributed by atoms with Crippen molar-refractivity contribution in [2.24, 2.45) is 0 Å². The maximum atomic E-state index is 11.6. The molecular formula is C6H8F3NO3. The highest BCUT2D eigenvalue weighted by Crippen LogP contribution is 2.18. The van der Waals surface area contributed by atoms with Gasteiger partial charge in [0.1, 0.15) is 0 Å². The summed E-state index contributed by atoms with van der Waals surface area (Å²) in [6, 6.07) is 0. The zero-order valence-corrected chi connectivity index (χ0v) is 6.38. The number of hydrogen-bond acceptors (Lipinski definition) is 3. The molecule has 0 aromatic rings. The van der Waals surface area contributed by atoms with Crippen LogP contribution < -0.4 is 5.32 Å². The second-order valence-electron chi connectivity index (χ2n) is 2.14. The molecule has 0 amide bonds. The van der Waals surface area contributed by atoms with E-state index in [2.05, 4.69) is 0 Å². The Bertz CT molecular complexity index is 202. The summed E-state index contributed by atoms with van der Waals surface area (Å²) >= 11 is 0. The molecular weight excluding hydrogens is 191 g/mol. The van der Waals surface area contributed by atoms with Crippen LogP contribution in [0.3, 0.4) is 0 Å². The van der Waals surface area contributed by atoms with Gasteiger partial charge >= 0.3 is 12.1 Å². The number of aliphatic hydroxyl groups excluding tert-OH is 1. The molecule has 0 aliphatic carbocycles. The Kier molecular flexibility index (Phi) is 4.26. The van der Waals surface area contributed by atoms with E-state index in [1.54, 1.807) is 0 Å². The van der Waals surface area contributed by atoms with Gasteiger partial charge < -0.3 is 15.5 Å². The molecule has 0 aliphatic rings. The predicted octanol–water partition coefficient (Wildman–Crippen LogP) is 0.0975. The third-order valence-electron chi connectivity index (χ3n) is 1.03. The van der Waals surface area contributed by atoms with E-state index in [9.17, 15) is 18.0 Å². The van der Waals surface area contributed by atoms with E-state index in [0.717, 1.165) is 6.20 Å². The van der Waals surface area contributed by atoms with Gasteiger partial charge in [-0.05, 0) is 0 Å². The van der Waals surface area contributed by atoms with E-state index in [-0.39, 0.29) is 0 Å². The summed E-state index contributed by atoms with van der Waals surface area (Å²) in [6.07, 6.45) is -5.74. The van der Waals surface area contributed by atoms with Crippen molar-refractivity contribution in [1.82, 2.24) is 5.32 Å². The van der Waals surface area contributed by atoms with Gasteiger partial charge in [-0.25, -0.2) is 4.79 Å². The van der Waals surface area contributed by atoms with Gasteiger partial charge in [-0.3, -0.25) is 0 Å². The molecule has 0 aliphatic heterocycles. The fourth-order valence-electron chi connectivity index (χ4n) is 0.426. The van der Waals surface area contributed by atoms with E-state index in [1.165, 1.54) is 0 Å². The van der Waals surface area contributed by atoms with Crippen LogP contribution in [0, 0.1) is 0 Å². The topological polar surface area (TPSA) is 69.6 Å². The third-order valence-corrected chi connectivity index (χ3v) is 1.03. The number of aliphatic carboxylic acids is 1. The molecule has 0 bridgehead atoms. The molecule has 4 nitrogen and oxygen atoms in total. The molecule has 0 heterocycles. The Morgan fingerprint density at radius 2 is 2.08 bits per heavy atom. The van der Waals surface area contributed by atoms with E-state index in [1.807, 2.05) is 5.32 Å². The zero-order valence-electron chi connectivity index (χ0n) is 6.38. The smallest absolute Gasteiger partial charge is 0.416 e. The van der Waals surface area contributed by atoms with E-state index in [4.69, 9.17) is 10.2 Å². The maximum Gasteiger partial charge on any atom is 0.416 e. The summed E-state index contributed by atoms with van der Waals surface area (Å²) < 4.78 is 34.8. The highest BCUT2D eigenvalue weighted by molar-refractivity contribution is 5.79. The standard InChI is InChI=1S/C6H8F3NO3/c7-6(8,9)4(11)3-10-2-1-5(12)13/h1-2,4,10-11H,3H2,(H,12,13)/b2-1+. The molecule has 0 radical (unpaired) electrons. The normalized spacial score (nSPS) is 14.5. The van der Waals surface area contributed by atoms with Crippen molar-refractivity contribution >= 4 is 5.97 Å². The summed E-state index contributed by atoms with van der Waals surface area (Å²) in [6.45, 7) is -0.771. The number of aliphatic hydroxyl groups is 1. The minimum atomic E-state index is -4.69. The van der Waals surface area contributed by atoms with Crippen LogP contribution in [0.1, 0.15) is 0 Å². The van der Waals surface area contributed by atoms with Crippen molar-refractivity contribution < 1.29 is 28.2 Å². The Morgan fingerprint density at radius 3 is 2.46 bits per heavy atom. The molecule has 76 valence electrons. The summed E-state index contributed by atoms with van der Waals surface area (Å²) in [4.78, 5) is 9.83. The van der Waals surface area contributed by atoms with Gasteiger partial charge in [0.25, 0.3) is 0 Å². The van der Waals surface area contributed by atoms with Crippen LogP contribution in [0.2, 0.25) is 0 Å². The first-order chi connectivity index (χ1) is 5.84. The van der Waals surface area contributed by atoms with Crippen LogP contribution in [0.4, 0.5) is 13.2 Å². The van der Waals surface area contributed by atoms with E-state index >= 15 is 0 Å². The average molecular weight is 199 g/mol. The molecule has 1 atom stereocenters. The molecule has 0 saturated heterocycles. The van der Waals surface area contributed by atoms with Crippen molar-refractivity contribution in [2.45, 2.75) is 12.3 Å². The summed E-state index contributed by atoms with van der Waals surface area (Å²) in [5, 5.41) is 18.4. The quantitative estimate of drug-likeness (QED) is 0.561. The number of alkyl halides is 3. The van der Waals surface area contributed by atoms with Crippen molar-refractivity contribution in [3.8, 4) is 0 Å². The first-order valence-electron chi connectivity index (χ1n) is 3.21. The van der Waals surface area contributed by atoms with Gasteiger partial charge in [0.05, 0.1) is 0 Å². The molecule has 0 fully saturated rings. The van der Waals surface area contributed by atoms with E-state index in [0.29, 0.717) is 6.08 Å². The number of rotatable bonds is 4. The molecule has 1 unspecified atom stereocenters. The lowest BCUT2D eigenvalue weighted by atomic mass is 10.3. The van der Waals surface area contributed by atoms with Crippen molar-refractivity contribution in [2.75, 3.05) is 6.54 Å². The minimum absolute atomic E-state index is 0.628. The van der Waals surface area contributed by atoms with Crippen LogP contribution in [0.15, 0.2) is 12.3 Å². The van der Waals surface area contributed by atoms with Gasteiger partial charge in [0, 0.05) is 18.8 Å². The van der Waals surface area contributed by atoms with Crippen LogP contribution in [0.5, 0.6) is 0 Å². The fraction of sp³-hybridized carbons (Fsp3) is 0.500. The molecule has 0 aromatic heterocycles. The lowest BCUT2D eigenvalue weighted by Crippen LogP contribution is -2.36. The van der Waals surface area contributed by atoms with Crippen LogP contribution >= 0.6 is 0 Å². The third kappa shape index (κ3) is 5.97. The molecule has 0 spiro atoms. The number of nitrogens with one attached hydrogen (secondary N) is 1. The monoisotopic (exact) mass is 199 g/mol. The Balaban J connectivity index is 3.72. The molecule has 0 rings (SSSR count). The molecule has 3 N–H and O–H groups in total. The average Bonchev–Trinajstić information content (AvgIpc) is 1.95. The molecule has 0 aromatic carbocycles. The van der Waals surface area contributed by atoms with Gasteiger partial charge in [0.2, 0.25) is 0 Å². The highest BCUT2D eigenvalue weighted by Gasteiger charge is 2.37. The predicted molar refractivity (Wildman–Crippen MR) is 36.8 cm³/mol. The van der Waals surface area contributed by atoms with Crippen LogP contribution in [0.25, 0.3) is 0 Å². The second kappa shape index (κ2) is 4.70. The Morgan fingerprint density at radius 1 is 1.54 bits per heavy atom. The van der Waals surface area contributed by atoms with Crippen molar-refractivity contribution in [3.63, 3.8) is 0 Å².